The third-order valence-corrected chi connectivity index (χ3v) is 4.30. The molecule has 2 amide bonds. The lowest BCUT2D eigenvalue weighted by Crippen LogP contribution is -2.29. The van der Waals surface area contributed by atoms with E-state index in [-0.39, 0.29) is 16.5 Å². The summed E-state index contributed by atoms with van der Waals surface area (Å²) in [5.41, 5.74) is 1.12. The molecule has 25 heavy (non-hydrogen) atoms. The zero-order chi connectivity index (χ0) is 18.4. The molecule has 2 rings (SSSR count). The molecule has 2 aromatic rings. The average molecular weight is 358 g/mol. The number of amides is 2. The Bertz CT molecular complexity index is 919. The quantitative estimate of drug-likeness (QED) is 0.802. The van der Waals surface area contributed by atoms with Crippen molar-refractivity contribution in [1.82, 2.24) is 5.32 Å². The summed E-state index contributed by atoms with van der Waals surface area (Å²) >= 11 is 0. The van der Waals surface area contributed by atoms with Crippen LogP contribution < -0.4 is 10.6 Å². The molecular weight excluding hydrogens is 340 g/mol. The van der Waals surface area contributed by atoms with Gasteiger partial charge in [-0.25, -0.2) is 8.42 Å². The van der Waals surface area contributed by atoms with Gasteiger partial charge in [0.25, 0.3) is 5.91 Å². The summed E-state index contributed by atoms with van der Waals surface area (Å²) in [5, 5.41) is 5.08. The molecule has 0 saturated carbocycles. The maximum atomic E-state index is 12.5. The molecule has 0 unspecified atom stereocenters. The van der Waals surface area contributed by atoms with Gasteiger partial charge in [0, 0.05) is 18.9 Å². The van der Waals surface area contributed by atoms with E-state index in [4.69, 9.17) is 0 Å². The van der Waals surface area contributed by atoms with E-state index in [9.17, 15) is 18.0 Å². The number of hydrogen-bond donors (Lipinski definition) is 2. The van der Waals surface area contributed by atoms with Gasteiger partial charge in [0.1, 0.15) is 5.70 Å². The Hall–Kier alpha value is -2.93. The molecule has 0 radical (unpaired) electrons. The number of rotatable bonds is 5. The van der Waals surface area contributed by atoms with Crippen molar-refractivity contribution in [3.63, 3.8) is 0 Å². The standard InChI is InChI=1S/C18H18N2O4S/c1-13(21)19-17(11-14-7-4-3-5-8-14)18(22)20-15-9-6-10-16(12-15)25(2,23)24/h3-12H,1-2H3,(H,19,21)(H,20,22)/b17-11-. The normalized spacial score (nSPS) is 11.7. The predicted octanol–water partition coefficient (Wildman–Crippen LogP) is 2.21. The fourth-order valence-electron chi connectivity index (χ4n) is 2.07. The van der Waals surface area contributed by atoms with E-state index in [2.05, 4.69) is 10.6 Å². The largest absolute Gasteiger partial charge is 0.322 e. The van der Waals surface area contributed by atoms with Gasteiger partial charge in [-0.15, -0.1) is 0 Å². The molecule has 0 fully saturated rings. The summed E-state index contributed by atoms with van der Waals surface area (Å²) in [5.74, 6) is -0.938. The minimum Gasteiger partial charge on any atom is -0.322 e. The Morgan fingerprint density at radius 2 is 1.68 bits per heavy atom. The van der Waals surface area contributed by atoms with Gasteiger partial charge in [-0.1, -0.05) is 36.4 Å². The maximum Gasteiger partial charge on any atom is 0.272 e. The van der Waals surface area contributed by atoms with E-state index in [0.29, 0.717) is 5.69 Å². The summed E-state index contributed by atoms with van der Waals surface area (Å²) in [7, 11) is -3.38. The maximum absolute atomic E-state index is 12.5. The summed E-state index contributed by atoms with van der Waals surface area (Å²) in [6.45, 7) is 1.30. The van der Waals surface area contributed by atoms with Crippen molar-refractivity contribution in [3.8, 4) is 0 Å². The predicted molar refractivity (Wildman–Crippen MR) is 96.4 cm³/mol. The molecule has 2 N–H and O–H groups in total. The SMILES string of the molecule is CC(=O)N/C(=C\c1ccccc1)C(=O)Nc1cccc(S(C)(=O)=O)c1. The monoisotopic (exact) mass is 358 g/mol. The lowest BCUT2D eigenvalue weighted by atomic mass is 10.2. The summed E-state index contributed by atoms with van der Waals surface area (Å²) in [6.07, 6.45) is 2.63. The first-order chi connectivity index (χ1) is 11.8. The fraction of sp³-hybridized carbons (Fsp3) is 0.111. The van der Waals surface area contributed by atoms with E-state index in [1.54, 1.807) is 18.2 Å². The van der Waals surface area contributed by atoms with Crippen LogP contribution in [0.2, 0.25) is 0 Å². The topological polar surface area (TPSA) is 92.3 Å². The van der Waals surface area contributed by atoms with Crippen LogP contribution in [0.1, 0.15) is 12.5 Å². The highest BCUT2D eigenvalue weighted by Crippen LogP contribution is 2.16. The first-order valence-electron chi connectivity index (χ1n) is 7.41. The van der Waals surface area contributed by atoms with Crippen molar-refractivity contribution in [3.05, 3.63) is 65.9 Å². The van der Waals surface area contributed by atoms with Gasteiger partial charge in [0.15, 0.2) is 9.84 Å². The number of anilines is 1. The molecule has 7 heteroatoms. The Balaban J connectivity index is 2.29. The van der Waals surface area contributed by atoms with Crippen LogP contribution in [-0.2, 0) is 19.4 Å². The number of hydrogen-bond acceptors (Lipinski definition) is 4. The van der Waals surface area contributed by atoms with Crippen molar-refractivity contribution in [2.24, 2.45) is 0 Å². The Labute approximate surface area is 146 Å². The van der Waals surface area contributed by atoms with Crippen LogP contribution in [0, 0.1) is 0 Å². The molecule has 0 bridgehead atoms. The molecule has 0 saturated heterocycles. The molecular formula is C18H18N2O4S. The van der Waals surface area contributed by atoms with E-state index >= 15 is 0 Å². The van der Waals surface area contributed by atoms with Gasteiger partial charge in [-0.05, 0) is 29.8 Å². The van der Waals surface area contributed by atoms with Crippen molar-refractivity contribution in [2.45, 2.75) is 11.8 Å². The van der Waals surface area contributed by atoms with Crippen LogP contribution in [-0.4, -0.2) is 26.5 Å². The second kappa shape index (κ2) is 7.76. The van der Waals surface area contributed by atoms with Crippen molar-refractivity contribution in [1.29, 1.82) is 0 Å². The van der Waals surface area contributed by atoms with E-state index < -0.39 is 15.7 Å². The molecule has 2 aromatic carbocycles. The number of sulfone groups is 1. The van der Waals surface area contributed by atoms with Crippen LogP contribution in [0.15, 0.2) is 65.2 Å². The second-order valence-corrected chi connectivity index (χ2v) is 7.42. The summed E-state index contributed by atoms with van der Waals surface area (Å²) in [4.78, 5) is 23.9. The highest BCUT2D eigenvalue weighted by atomic mass is 32.2. The smallest absolute Gasteiger partial charge is 0.272 e. The molecule has 0 atom stereocenters. The van der Waals surface area contributed by atoms with Gasteiger partial charge in [-0.3, -0.25) is 9.59 Å². The van der Waals surface area contributed by atoms with Gasteiger partial charge in [0.05, 0.1) is 4.90 Å². The van der Waals surface area contributed by atoms with Gasteiger partial charge in [-0.2, -0.15) is 0 Å². The van der Waals surface area contributed by atoms with E-state index in [1.807, 2.05) is 18.2 Å². The average Bonchev–Trinajstić information content (AvgIpc) is 2.54. The molecule has 0 aliphatic rings. The first-order valence-corrected chi connectivity index (χ1v) is 9.30. The third kappa shape index (κ3) is 5.58. The molecule has 0 aliphatic heterocycles. The summed E-state index contributed by atoms with van der Waals surface area (Å²) < 4.78 is 23.2. The van der Waals surface area contributed by atoms with Crippen LogP contribution in [0.4, 0.5) is 5.69 Å². The van der Waals surface area contributed by atoms with E-state index in [0.717, 1.165) is 11.8 Å². The van der Waals surface area contributed by atoms with Crippen molar-refractivity contribution < 1.29 is 18.0 Å². The lowest BCUT2D eigenvalue weighted by Gasteiger charge is -2.10. The second-order valence-electron chi connectivity index (χ2n) is 5.40. The number of benzene rings is 2. The summed E-state index contributed by atoms with van der Waals surface area (Å²) in [6, 6.07) is 15.0. The van der Waals surface area contributed by atoms with Crippen LogP contribution in [0.5, 0.6) is 0 Å². The Kier molecular flexibility index (Phi) is 5.71. The molecule has 0 aromatic heterocycles. The molecule has 0 aliphatic carbocycles. The molecule has 0 heterocycles. The van der Waals surface area contributed by atoms with Crippen LogP contribution in [0.25, 0.3) is 6.08 Å². The number of carbonyl (C=O) groups is 2. The highest BCUT2D eigenvalue weighted by Gasteiger charge is 2.13. The molecule has 0 spiro atoms. The van der Waals surface area contributed by atoms with Gasteiger partial charge >= 0.3 is 0 Å². The lowest BCUT2D eigenvalue weighted by molar-refractivity contribution is -0.120. The third-order valence-electron chi connectivity index (χ3n) is 3.19. The first kappa shape index (κ1) is 18.4. The number of carbonyl (C=O) groups excluding carboxylic acids is 2. The van der Waals surface area contributed by atoms with Gasteiger partial charge < -0.3 is 10.6 Å². The molecule has 6 nitrogen and oxygen atoms in total. The van der Waals surface area contributed by atoms with Crippen molar-refractivity contribution >= 4 is 33.4 Å². The molecule has 130 valence electrons. The van der Waals surface area contributed by atoms with E-state index in [1.165, 1.54) is 31.2 Å². The zero-order valence-corrected chi connectivity index (χ0v) is 14.6. The van der Waals surface area contributed by atoms with Crippen molar-refractivity contribution in [2.75, 3.05) is 11.6 Å². The number of nitrogens with one attached hydrogen (secondary N) is 2. The van der Waals surface area contributed by atoms with Crippen LogP contribution >= 0.6 is 0 Å². The highest BCUT2D eigenvalue weighted by molar-refractivity contribution is 7.90. The van der Waals surface area contributed by atoms with Gasteiger partial charge in [0.2, 0.25) is 5.91 Å². The minimum atomic E-state index is -3.38. The minimum absolute atomic E-state index is 0.0588. The zero-order valence-electron chi connectivity index (χ0n) is 13.8. The Morgan fingerprint density at radius 1 is 1.00 bits per heavy atom. The fourth-order valence-corrected chi connectivity index (χ4v) is 2.73. The Morgan fingerprint density at radius 3 is 2.28 bits per heavy atom. The van der Waals surface area contributed by atoms with Crippen LogP contribution in [0.3, 0.4) is 0 Å².